The Morgan fingerprint density at radius 2 is 2.00 bits per heavy atom. The van der Waals surface area contributed by atoms with E-state index in [0.717, 1.165) is 30.4 Å². The second-order valence-electron chi connectivity index (χ2n) is 3.53. The fraction of sp³-hybridized carbons (Fsp3) is 0.364. The van der Waals surface area contributed by atoms with Gasteiger partial charge in [-0.1, -0.05) is 0 Å². The van der Waals surface area contributed by atoms with Crippen LogP contribution in [0.15, 0.2) is 17.9 Å². The molecule has 6 heteroatoms. The lowest BCUT2D eigenvalue weighted by Gasteiger charge is -2.06. The molecule has 2 heterocycles. The molecule has 2 N–H and O–H groups in total. The Labute approximate surface area is 104 Å². The number of thiazole rings is 1. The highest BCUT2D eigenvalue weighted by Crippen LogP contribution is 2.14. The molecule has 0 saturated heterocycles. The first kappa shape index (κ1) is 11.8. The van der Waals surface area contributed by atoms with Gasteiger partial charge < -0.3 is 10.6 Å². The Bertz CT molecular complexity index is 482. The van der Waals surface area contributed by atoms with Gasteiger partial charge >= 0.3 is 0 Å². The van der Waals surface area contributed by atoms with E-state index in [4.69, 9.17) is 0 Å². The molecule has 0 aliphatic heterocycles. The average molecular weight is 249 g/mol. The lowest BCUT2D eigenvalue weighted by Crippen LogP contribution is -2.05. The SMILES string of the molecule is CCNc1cncc(NCc2scnc2C)n1. The van der Waals surface area contributed by atoms with E-state index in [1.165, 1.54) is 4.88 Å². The van der Waals surface area contributed by atoms with Crippen molar-refractivity contribution >= 4 is 23.0 Å². The van der Waals surface area contributed by atoms with Gasteiger partial charge in [0.15, 0.2) is 0 Å². The Morgan fingerprint density at radius 3 is 2.65 bits per heavy atom. The number of hydrogen-bond acceptors (Lipinski definition) is 6. The van der Waals surface area contributed by atoms with E-state index in [1.54, 1.807) is 23.7 Å². The second-order valence-corrected chi connectivity index (χ2v) is 4.47. The van der Waals surface area contributed by atoms with Crippen molar-refractivity contribution in [3.63, 3.8) is 0 Å². The third-order valence-corrected chi connectivity index (χ3v) is 3.20. The highest BCUT2D eigenvalue weighted by Gasteiger charge is 2.02. The molecule has 90 valence electrons. The summed E-state index contributed by atoms with van der Waals surface area (Å²) in [6, 6.07) is 0. The molecule has 2 aromatic rings. The summed E-state index contributed by atoms with van der Waals surface area (Å²) < 4.78 is 0. The zero-order valence-corrected chi connectivity index (χ0v) is 10.7. The van der Waals surface area contributed by atoms with Crippen LogP contribution in [0.4, 0.5) is 11.6 Å². The molecule has 17 heavy (non-hydrogen) atoms. The predicted octanol–water partition coefficient (Wildman–Crippen LogP) is 2.29. The molecule has 0 saturated carbocycles. The van der Waals surface area contributed by atoms with E-state index >= 15 is 0 Å². The summed E-state index contributed by atoms with van der Waals surface area (Å²) in [5.41, 5.74) is 2.92. The summed E-state index contributed by atoms with van der Waals surface area (Å²) in [6.45, 7) is 5.61. The summed E-state index contributed by atoms with van der Waals surface area (Å²) in [6.07, 6.45) is 3.43. The van der Waals surface area contributed by atoms with Gasteiger partial charge in [-0.25, -0.2) is 9.97 Å². The number of rotatable bonds is 5. The van der Waals surface area contributed by atoms with Crippen LogP contribution in [0.3, 0.4) is 0 Å². The first-order chi connectivity index (χ1) is 8.29. The third-order valence-electron chi connectivity index (χ3n) is 2.27. The summed E-state index contributed by atoms with van der Waals surface area (Å²) in [4.78, 5) is 13.9. The Hall–Kier alpha value is -1.69. The maximum atomic E-state index is 4.39. The van der Waals surface area contributed by atoms with Crippen molar-refractivity contribution in [1.82, 2.24) is 15.0 Å². The molecule has 0 amide bonds. The topological polar surface area (TPSA) is 62.7 Å². The van der Waals surface area contributed by atoms with Crippen LogP contribution in [0.5, 0.6) is 0 Å². The zero-order valence-electron chi connectivity index (χ0n) is 9.90. The van der Waals surface area contributed by atoms with Crippen LogP contribution in [0.2, 0.25) is 0 Å². The molecular formula is C11H15N5S. The van der Waals surface area contributed by atoms with Crippen molar-refractivity contribution in [2.24, 2.45) is 0 Å². The van der Waals surface area contributed by atoms with Crippen molar-refractivity contribution in [2.45, 2.75) is 20.4 Å². The largest absolute Gasteiger partial charge is 0.369 e. The normalized spacial score (nSPS) is 10.2. The van der Waals surface area contributed by atoms with Crippen molar-refractivity contribution in [3.8, 4) is 0 Å². The van der Waals surface area contributed by atoms with Crippen LogP contribution in [-0.4, -0.2) is 21.5 Å². The average Bonchev–Trinajstić information content (AvgIpc) is 2.73. The Kier molecular flexibility index (Phi) is 3.87. The van der Waals surface area contributed by atoms with E-state index in [9.17, 15) is 0 Å². The molecule has 0 fully saturated rings. The smallest absolute Gasteiger partial charge is 0.147 e. The summed E-state index contributed by atoms with van der Waals surface area (Å²) in [7, 11) is 0. The number of hydrogen-bond donors (Lipinski definition) is 2. The summed E-state index contributed by atoms with van der Waals surface area (Å²) in [5, 5.41) is 6.37. The number of anilines is 2. The van der Waals surface area contributed by atoms with Gasteiger partial charge in [0.1, 0.15) is 11.6 Å². The first-order valence-corrected chi connectivity index (χ1v) is 6.36. The second kappa shape index (κ2) is 5.58. The van der Waals surface area contributed by atoms with E-state index in [-0.39, 0.29) is 0 Å². The fourth-order valence-corrected chi connectivity index (χ4v) is 2.10. The van der Waals surface area contributed by atoms with Crippen LogP contribution >= 0.6 is 11.3 Å². The van der Waals surface area contributed by atoms with E-state index in [1.807, 2.05) is 19.4 Å². The molecule has 0 atom stereocenters. The number of aryl methyl sites for hydroxylation is 1. The van der Waals surface area contributed by atoms with Gasteiger partial charge in [-0.3, -0.25) is 4.98 Å². The van der Waals surface area contributed by atoms with Crippen LogP contribution in [-0.2, 0) is 6.54 Å². The molecule has 2 rings (SSSR count). The van der Waals surface area contributed by atoms with Gasteiger partial charge in [-0.15, -0.1) is 11.3 Å². The summed E-state index contributed by atoms with van der Waals surface area (Å²) in [5.74, 6) is 1.56. The van der Waals surface area contributed by atoms with Crippen LogP contribution in [0, 0.1) is 6.92 Å². The molecular weight excluding hydrogens is 234 g/mol. The van der Waals surface area contributed by atoms with Crippen LogP contribution in [0.25, 0.3) is 0 Å². The molecule has 0 aliphatic carbocycles. The van der Waals surface area contributed by atoms with E-state index < -0.39 is 0 Å². The van der Waals surface area contributed by atoms with E-state index in [2.05, 4.69) is 25.6 Å². The minimum atomic E-state index is 0.737. The fourth-order valence-electron chi connectivity index (χ4n) is 1.38. The minimum Gasteiger partial charge on any atom is -0.369 e. The van der Waals surface area contributed by atoms with Gasteiger partial charge in [0.2, 0.25) is 0 Å². The molecule has 0 aliphatic rings. The summed E-state index contributed by atoms with van der Waals surface area (Å²) >= 11 is 1.65. The molecule has 5 nitrogen and oxygen atoms in total. The first-order valence-electron chi connectivity index (χ1n) is 5.48. The highest BCUT2D eigenvalue weighted by atomic mass is 32.1. The van der Waals surface area contributed by atoms with Crippen molar-refractivity contribution in [3.05, 3.63) is 28.5 Å². The maximum Gasteiger partial charge on any atom is 0.147 e. The van der Waals surface area contributed by atoms with Gasteiger partial charge in [0.05, 0.1) is 30.1 Å². The Balaban J connectivity index is 1.99. The van der Waals surface area contributed by atoms with Gasteiger partial charge in [-0.05, 0) is 13.8 Å². The standard InChI is InChI=1S/C11H15N5S/c1-3-13-10-5-12-6-11(16-10)14-4-9-8(2)15-7-17-9/h5-7H,3-4H2,1-2H3,(H2,13,14,16). The predicted molar refractivity (Wildman–Crippen MR) is 70.4 cm³/mol. The van der Waals surface area contributed by atoms with Gasteiger partial charge in [0, 0.05) is 11.4 Å². The van der Waals surface area contributed by atoms with E-state index in [0.29, 0.717) is 0 Å². The molecule has 0 unspecified atom stereocenters. The van der Waals surface area contributed by atoms with Crippen molar-refractivity contribution in [2.75, 3.05) is 17.2 Å². The lowest BCUT2D eigenvalue weighted by molar-refractivity contribution is 1.06. The third kappa shape index (κ3) is 3.13. The molecule has 0 radical (unpaired) electrons. The maximum absolute atomic E-state index is 4.39. The molecule has 0 bridgehead atoms. The van der Waals surface area contributed by atoms with Gasteiger partial charge in [-0.2, -0.15) is 0 Å². The number of nitrogens with one attached hydrogen (secondary N) is 2. The van der Waals surface area contributed by atoms with Gasteiger partial charge in [0.25, 0.3) is 0 Å². The molecule has 2 aromatic heterocycles. The lowest BCUT2D eigenvalue weighted by atomic mass is 10.4. The molecule has 0 spiro atoms. The Morgan fingerprint density at radius 1 is 1.24 bits per heavy atom. The van der Waals surface area contributed by atoms with Crippen molar-refractivity contribution in [1.29, 1.82) is 0 Å². The molecule has 0 aromatic carbocycles. The van der Waals surface area contributed by atoms with Crippen LogP contribution < -0.4 is 10.6 Å². The zero-order chi connectivity index (χ0) is 12.1. The number of nitrogens with zero attached hydrogens (tertiary/aromatic N) is 3. The minimum absolute atomic E-state index is 0.737. The van der Waals surface area contributed by atoms with Crippen LogP contribution in [0.1, 0.15) is 17.5 Å². The number of aromatic nitrogens is 3. The highest BCUT2D eigenvalue weighted by molar-refractivity contribution is 7.09. The van der Waals surface area contributed by atoms with Crippen molar-refractivity contribution < 1.29 is 0 Å². The quantitative estimate of drug-likeness (QED) is 0.851. The monoisotopic (exact) mass is 249 g/mol.